The Morgan fingerprint density at radius 3 is 2.32 bits per heavy atom. The van der Waals surface area contributed by atoms with E-state index in [-0.39, 0.29) is 12.5 Å². The van der Waals surface area contributed by atoms with Crippen LogP contribution in [0.3, 0.4) is 0 Å². The van der Waals surface area contributed by atoms with E-state index in [1.54, 1.807) is 0 Å². The predicted octanol–water partition coefficient (Wildman–Crippen LogP) is 3.40. The van der Waals surface area contributed by atoms with Crippen LogP contribution in [0.1, 0.15) is 11.1 Å². The lowest BCUT2D eigenvalue weighted by Crippen LogP contribution is -2.22. The molecule has 2 aromatic carbocycles. The van der Waals surface area contributed by atoms with Crippen LogP contribution in [0.2, 0.25) is 0 Å². The van der Waals surface area contributed by atoms with Gasteiger partial charge in [-0.1, -0.05) is 12.1 Å². The normalized spacial score (nSPS) is 11.4. The third-order valence-electron chi connectivity index (χ3n) is 3.66. The summed E-state index contributed by atoms with van der Waals surface area (Å²) in [6.07, 6.45) is -4.45. The monoisotopic (exact) mass is 396 g/mol. The summed E-state index contributed by atoms with van der Waals surface area (Å²) in [7, 11) is 0. The molecule has 6 nitrogen and oxygen atoms in total. The quantitative estimate of drug-likeness (QED) is 0.488. The van der Waals surface area contributed by atoms with Gasteiger partial charge in [0.1, 0.15) is 19.0 Å². The van der Waals surface area contributed by atoms with Crippen molar-refractivity contribution in [1.29, 1.82) is 0 Å². The van der Waals surface area contributed by atoms with Gasteiger partial charge in [-0.25, -0.2) is 9.18 Å². The van der Waals surface area contributed by atoms with Crippen molar-refractivity contribution in [3.8, 4) is 11.5 Å². The Kier molecular flexibility index (Phi) is 5.30. The minimum absolute atomic E-state index is 0.0967. The summed E-state index contributed by atoms with van der Waals surface area (Å²) in [6.45, 7) is -0.821. The third kappa shape index (κ3) is 4.64. The topological polar surface area (TPSA) is 74.3 Å². The van der Waals surface area contributed by atoms with E-state index in [1.807, 2.05) is 0 Å². The second-order valence-electron chi connectivity index (χ2n) is 5.69. The van der Waals surface area contributed by atoms with Crippen LogP contribution >= 0.6 is 0 Å². The molecule has 0 saturated carbocycles. The average Bonchev–Trinajstić information content (AvgIpc) is 3.00. The van der Waals surface area contributed by atoms with Gasteiger partial charge >= 0.3 is 17.9 Å². The molecule has 10 heteroatoms. The van der Waals surface area contributed by atoms with Crippen molar-refractivity contribution in [3.05, 3.63) is 76.0 Å². The van der Waals surface area contributed by atoms with Gasteiger partial charge < -0.3 is 9.15 Å². The van der Waals surface area contributed by atoms with Crippen molar-refractivity contribution in [3.63, 3.8) is 0 Å². The zero-order valence-corrected chi connectivity index (χ0v) is 14.1. The zero-order valence-electron chi connectivity index (χ0n) is 14.1. The lowest BCUT2D eigenvalue weighted by molar-refractivity contribution is -0.146. The number of carbonyl (C=O) groups is 1. The molecule has 0 aliphatic heterocycles. The zero-order chi connectivity index (χ0) is 20.3. The molecule has 0 spiro atoms. The summed E-state index contributed by atoms with van der Waals surface area (Å²) in [6, 6.07) is 9.15. The SMILES string of the molecule is O=C(Cn1nc(-c2ccc(F)cc2)oc1=O)OCc1ccc(C(F)(F)F)cc1. The Hall–Kier alpha value is -3.43. The highest BCUT2D eigenvalue weighted by atomic mass is 19.4. The Balaban J connectivity index is 1.61. The van der Waals surface area contributed by atoms with E-state index in [1.165, 1.54) is 24.3 Å². The molecule has 0 aliphatic rings. The fraction of sp³-hybridized carbons (Fsp3) is 0.167. The first-order valence-corrected chi connectivity index (χ1v) is 7.88. The molecule has 28 heavy (non-hydrogen) atoms. The molecule has 146 valence electrons. The van der Waals surface area contributed by atoms with E-state index in [0.717, 1.165) is 28.9 Å². The Bertz CT molecular complexity index is 1020. The molecule has 0 saturated heterocycles. The fourth-order valence-electron chi connectivity index (χ4n) is 2.24. The van der Waals surface area contributed by atoms with Crippen LogP contribution in [0, 0.1) is 5.82 Å². The number of hydrogen-bond donors (Lipinski definition) is 0. The van der Waals surface area contributed by atoms with Gasteiger partial charge in [-0.05, 0) is 42.0 Å². The van der Waals surface area contributed by atoms with Gasteiger partial charge in [0, 0.05) is 5.56 Å². The molecular formula is C18H12F4N2O4. The van der Waals surface area contributed by atoms with E-state index < -0.39 is 35.8 Å². The van der Waals surface area contributed by atoms with Crippen LogP contribution in [-0.4, -0.2) is 15.7 Å². The van der Waals surface area contributed by atoms with Crippen LogP contribution in [0.4, 0.5) is 17.6 Å². The predicted molar refractivity (Wildman–Crippen MR) is 87.4 cm³/mol. The number of alkyl halides is 3. The van der Waals surface area contributed by atoms with Gasteiger partial charge in [0.2, 0.25) is 5.89 Å². The number of aromatic nitrogens is 2. The summed E-state index contributed by atoms with van der Waals surface area (Å²) in [4.78, 5) is 23.6. The van der Waals surface area contributed by atoms with Crippen molar-refractivity contribution in [2.75, 3.05) is 0 Å². The highest BCUT2D eigenvalue weighted by molar-refractivity contribution is 5.69. The minimum Gasteiger partial charge on any atom is -0.459 e. The standard InChI is InChI=1S/C18H12F4N2O4/c19-14-7-3-12(4-8-14)16-23-24(17(26)28-16)9-15(25)27-10-11-1-5-13(6-2-11)18(20,21)22/h1-8H,9-10H2. The van der Waals surface area contributed by atoms with Crippen molar-refractivity contribution in [2.45, 2.75) is 19.3 Å². The Morgan fingerprint density at radius 1 is 1.07 bits per heavy atom. The summed E-state index contributed by atoms with van der Waals surface area (Å²) in [5.74, 6) is -2.32. The van der Waals surface area contributed by atoms with Gasteiger partial charge in [-0.3, -0.25) is 4.79 Å². The molecule has 1 heterocycles. The lowest BCUT2D eigenvalue weighted by atomic mass is 10.1. The van der Waals surface area contributed by atoms with Crippen LogP contribution in [-0.2, 0) is 28.9 Å². The van der Waals surface area contributed by atoms with Crippen molar-refractivity contribution in [1.82, 2.24) is 9.78 Å². The van der Waals surface area contributed by atoms with E-state index in [4.69, 9.17) is 9.15 Å². The second kappa shape index (κ2) is 7.67. The lowest BCUT2D eigenvalue weighted by Gasteiger charge is -2.08. The van der Waals surface area contributed by atoms with Crippen LogP contribution in [0.5, 0.6) is 0 Å². The third-order valence-corrected chi connectivity index (χ3v) is 3.66. The summed E-state index contributed by atoms with van der Waals surface area (Å²) in [5.41, 5.74) is -0.124. The molecule has 1 aromatic heterocycles. The number of halogens is 4. The maximum atomic E-state index is 12.9. The van der Waals surface area contributed by atoms with Crippen LogP contribution in [0.25, 0.3) is 11.5 Å². The molecule has 0 amide bonds. The highest BCUT2D eigenvalue weighted by Crippen LogP contribution is 2.29. The van der Waals surface area contributed by atoms with Crippen LogP contribution in [0.15, 0.2) is 57.7 Å². The molecule has 0 N–H and O–H groups in total. The average molecular weight is 396 g/mol. The number of nitrogens with zero attached hydrogens (tertiary/aromatic N) is 2. The number of esters is 1. The molecule has 0 radical (unpaired) electrons. The molecular weight excluding hydrogens is 384 g/mol. The number of hydrogen-bond acceptors (Lipinski definition) is 5. The largest absolute Gasteiger partial charge is 0.459 e. The van der Waals surface area contributed by atoms with Gasteiger partial charge in [0.15, 0.2) is 0 Å². The van der Waals surface area contributed by atoms with Crippen molar-refractivity contribution in [2.24, 2.45) is 0 Å². The maximum Gasteiger partial charge on any atom is 0.437 e. The highest BCUT2D eigenvalue weighted by Gasteiger charge is 2.29. The van der Waals surface area contributed by atoms with Gasteiger partial charge in [-0.15, -0.1) is 5.10 Å². The van der Waals surface area contributed by atoms with Gasteiger partial charge in [-0.2, -0.15) is 17.9 Å². The molecule has 3 aromatic rings. The molecule has 0 atom stereocenters. The molecule has 0 unspecified atom stereocenters. The maximum absolute atomic E-state index is 12.9. The van der Waals surface area contributed by atoms with Crippen LogP contribution < -0.4 is 5.76 Å². The van der Waals surface area contributed by atoms with E-state index in [9.17, 15) is 27.2 Å². The first kappa shape index (κ1) is 19.3. The molecule has 0 bridgehead atoms. The summed E-state index contributed by atoms with van der Waals surface area (Å²) in [5, 5.41) is 3.83. The van der Waals surface area contributed by atoms with E-state index in [0.29, 0.717) is 11.1 Å². The first-order chi connectivity index (χ1) is 13.2. The van der Waals surface area contributed by atoms with Gasteiger partial charge in [0.25, 0.3) is 0 Å². The molecule has 3 rings (SSSR count). The van der Waals surface area contributed by atoms with E-state index in [2.05, 4.69) is 5.10 Å². The first-order valence-electron chi connectivity index (χ1n) is 7.88. The van der Waals surface area contributed by atoms with Crippen molar-refractivity contribution < 1.29 is 31.5 Å². The number of rotatable bonds is 5. The number of ether oxygens (including phenoxy) is 1. The Morgan fingerprint density at radius 2 is 1.71 bits per heavy atom. The Labute approximate surface area is 155 Å². The molecule has 0 aliphatic carbocycles. The summed E-state index contributed by atoms with van der Waals surface area (Å²) >= 11 is 0. The van der Waals surface area contributed by atoms with E-state index >= 15 is 0 Å². The molecule has 0 fully saturated rings. The number of benzene rings is 2. The second-order valence-corrected chi connectivity index (χ2v) is 5.69. The fourth-order valence-corrected chi connectivity index (χ4v) is 2.24. The minimum atomic E-state index is -4.45. The summed E-state index contributed by atoms with van der Waals surface area (Å²) < 4.78 is 61.0. The van der Waals surface area contributed by atoms with Crippen molar-refractivity contribution >= 4 is 5.97 Å². The number of carbonyl (C=O) groups excluding carboxylic acids is 1. The smallest absolute Gasteiger partial charge is 0.437 e. The van der Waals surface area contributed by atoms with Gasteiger partial charge in [0.05, 0.1) is 5.56 Å².